The van der Waals surface area contributed by atoms with E-state index in [1.807, 2.05) is 18.4 Å². The number of piperidine rings is 1. The molecule has 0 bridgehead atoms. The average Bonchev–Trinajstić information content (AvgIpc) is 3.34. The van der Waals surface area contributed by atoms with Crippen molar-refractivity contribution >= 4 is 52.6 Å². The van der Waals surface area contributed by atoms with Gasteiger partial charge in [-0.1, -0.05) is 19.9 Å². The van der Waals surface area contributed by atoms with Crippen molar-refractivity contribution in [3.8, 4) is 0 Å². The lowest BCUT2D eigenvalue weighted by atomic mass is 9.88. The van der Waals surface area contributed by atoms with Gasteiger partial charge in [0.2, 0.25) is 0 Å². The molecular formula is C20H32IN5S2. The van der Waals surface area contributed by atoms with Crippen LogP contribution in [0.1, 0.15) is 54.2 Å². The molecule has 2 aromatic rings. The van der Waals surface area contributed by atoms with Crippen molar-refractivity contribution < 1.29 is 0 Å². The first-order valence-corrected chi connectivity index (χ1v) is 11.5. The van der Waals surface area contributed by atoms with Crippen LogP contribution in [0.2, 0.25) is 0 Å². The zero-order chi connectivity index (χ0) is 19.2. The first kappa shape index (κ1) is 23.6. The first-order valence-electron chi connectivity index (χ1n) is 9.71. The number of nitrogens with zero attached hydrogens (tertiary/aromatic N) is 3. The molecule has 3 heterocycles. The molecule has 8 heteroatoms. The molecule has 0 spiro atoms. The average molecular weight is 534 g/mol. The van der Waals surface area contributed by atoms with Crippen molar-refractivity contribution in [1.82, 2.24) is 20.5 Å². The Balaban J connectivity index is 0.00000280. The van der Waals surface area contributed by atoms with Crippen molar-refractivity contribution in [3.63, 3.8) is 0 Å². The maximum atomic E-state index is 4.69. The third-order valence-corrected chi connectivity index (χ3v) is 6.98. The van der Waals surface area contributed by atoms with E-state index < -0.39 is 0 Å². The van der Waals surface area contributed by atoms with Crippen molar-refractivity contribution in [2.24, 2.45) is 10.9 Å². The molecule has 1 fully saturated rings. The van der Waals surface area contributed by atoms with E-state index in [9.17, 15) is 0 Å². The molecule has 2 N–H and O–H groups in total. The van der Waals surface area contributed by atoms with Crippen LogP contribution in [0.3, 0.4) is 0 Å². The Morgan fingerprint density at radius 2 is 2.18 bits per heavy atom. The van der Waals surface area contributed by atoms with E-state index in [4.69, 9.17) is 0 Å². The molecule has 0 aromatic carbocycles. The van der Waals surface area contributed by atoms with Gasteiger partial charge in [-0.25, -0.2) is 4.98 Å². The smallest absolute Gasteiger partial charge is 0.191 e. The van der Waals surface area contributed by atoms with Crippen LogP contribution >= 0.6 is 46.7 Å². The van der Waals surface area contributed by atoms with Crippen LogP contribution in [-0.4, -0.2) is 43.0 Å². The van der Waals surface area contributed by atoms with E-state index in [0.29, 0.717) is 17.9 Å². The molecule has 0 radical (unpaired) electrons. The van der Waals surface area contributed by atoms with Gasteiger partial charge < -0.3 is 10.6 Å². The minimum Gasteiger partial charge on any atom is -0.356 e. The monoisotopic (exact) mass is 533 g/mol. The lowest BCUT2D eigenvalue weighted by Crippen LogP contribution is -2.44. The minimum absolute atomic E-state index is 0. The number of rotatable bonds is 6. The highest BCUT2D eigenvalue weighted by atomic mass is 127. The number of hydrogen-bond donors (Lipinski definition) is 2. The topological polar surface area (TPSA) is 52.6 Å². The van der Waals surface area contributed by atoms with E-state index in [-0.39, 0.29) is 24.0 Å². The standard InChI is InChI=1S/C20H31N5S2.HI/c1-14(2)16-13-27-18(24-16)12-23-20(21-3)22-11-15-7-5-9-25(4)19(15)17-8-6-10-26-17;/h6,8,10,13-15,19H,5,7,9,11-12H2,1-4H3,(H2,21,22,23);1H. The highest BCUT2D eigenvalue weighted by Gasteiger charge is 2.31. The van der Waals surface area contributed by atoms with Crippen LogP contribution in [0.25, 0.3) is 0 Å². The summed E-state index contributed by atoms with van der Waals surface area (Å²) in [5.74, 6) is 1.92. The largest absolute Gasteiger partial charge is 0.356 e. The highest BCUT2D eigenvalue weighted by molar-refractivity contribution is 14.0. The Morgan fingerprint density at radius 1 is 1.36 bits per heavy atom. The van der Waals surface area contributed by atoms with Gasteiger partial charge >= 0.3 is 0 Å². The number of nitrogens with one attached hydrogen (secondary N) is 2. The van der Waals surface area contributed by atoms with Gasteiger partial charge in [-0.3, -0.25) is 9.89 Å². The summed E-state index contributed by atoms with van der Waals surface area (Å²) < 4.78 is 0. The fraction of sp³-hybridized carbons (Fsp3) is 0.600. The van der Waals surface area contributed by atoms with Crippen molar-refractivity contribution in [3.05, 3.63) is 38.5 Å². The summed E-state index contributed by atoms with van der Waals surface area (Å²) in [6.07, 6.45) is 2.51. The summed E-state index contributed by atoms with van der Waals surface area (Å²) in [5.41, 5.74) is 1.17. The predicted octanol–water partition coefficient (Wildman–Crippen LogP) is 4.69. The van der Waals surface area contributed by atoms with Crippen molar-refractivity contribution in [2.75, 3.05) is 27.2 Å². The van der Waals surface area contributed by atoms with Gasteiger partial charge in [0.15, 0.2) is 5.96 Å². The molecule has 2 unspecified atom stereocenters. The minimum atomic E-state index is 0. The third kappa shape index (κ3) is 6.14. The van der Waals surface area contributed by atoms with Crippen molar-refractivity contribution in [2.45, 2.75) is 45.2 Å². The maximum absolute atomic E-state index is 4.69. The predicted molar refractivity (Wildman–Crippen MR) is 132 cm³/mol. The first-order chi connectivity index (χ1) is 13.1. The molecule has 5 nitrogen and oxygen atoms in total. The Bertz CT molecular complexity index is 729. The summed E-state index contributed by atoms with van der Waals surface area (Å²) in [4.78, 5) is 13.1. The number of halogens is 1. The molecule has 1 aliphatic rings. The summed E-state index contributed by atoms with van der Waals surface area (Å²) in [6.45, 7) is 7.18. The van der Waals surface area contributed by atoms with Crippen LogP contribution in [0.4, 0.5) is 0 Å². The zero-order valence-electron chi connectivity index (χ0n) is 17.1. The van der Waals surface area contributed by atoms with Crippen LogP contribution in [-0.2, 0) is 6.54 Å². The van der Waals surface area contributed by atoms with Gasteiger partial charge in [-0.05, 0) is 49.7 Å². The number of aromatic nitrogens is 1. The number of likely N-dealkylation sites (tertiary alicyclic amines) is 1. The van der Waals surface area contributed by atoms with Gasteiger partial charge in [0, 0.05) is 29.9 Å². The normalized spacial score (nSPS) is 20.8. The number of aliphatic imine (C=N–C) groups is 1. The number of guanidine groups is 1. The second-order valence-electron chi connectivity index (χ2n) is 7.47. The van der Waals surface area contributed by atoms with Gasteiger partial charge in [-0.15, -0.1) is 46.7 Å². The fourth-order valence-corrected chi connectivity index (χ4v) is 5.54. The van der Waals surface area contributed by atoms with E-state index in [1.165, 1.54) is 30.0 Å². The van der Waals surface area contributed by atoms with Crippen LogP contribution < -0.4 is 10.6 Å². The Kier molecular flexibility index (Phi) is 9.65. The molecule has 28 heavy (non-hydrogen) atoms. The SMILES string of the molecule is CN=C(NCc1nc(C(C)C)cs1)NCC1CCCN(C)C1c1cccs1.I. The molecule has 0 saturated carbocycles. The summed E-state index contributed by atoms with van der Waals surface area (Å²) >= 11 is 3.58. The molecule has 2 atom stereocenters. The van der Waals surface area contributed by atoms with E-state index in [2.05, 4.69) is 69.3 Å². The highest BCUT2D eigenvalue weighted by Crippen LogP contribution is 2.36. The molecule has 156 valence electrons. The molecule has 3 rings (SSSR count). The second-order valence-corrected chi connectivity index (χ2v) is 9.39. The van der Waals surface area contributed by atoms with Crippen LogP contribution in [0, 0.1) is 5.92 Å². The summed E-state index contributed by atoms with van der Waals surface area (Å²) in [7, 11) is 4.08. The number of thiazole rings is 1. The molecule has 1 saturated heterocycles. The second kappa shape index (κ2) is 11.5. The van der Waals surface area contributed by atoms with Gasteiger partial charge in [0.1, 0.15) is 5.01 Å². The third-order valence-electron chi connectivity index (χ3n) is 5.17. The lowest BCUT2D eigenvalue weighted by molar-refractivity contribution is 0.125. The van der Waals surface area contributed by atoms with Crippen LogP contribution in [0.15, 0.2) is 27.9 Å². The maximum Gasteiger partial charge on any atom is 0.191 e. The van der Waals surface area contributed by atoms with Crippen LogP contribution in [0.5, 0.6) is 0 Å². The zero-order valence-corrected chi connectivity index (χ0v) is 21.1. The molecular weight excluding hydrogens is 501 g/mol. The van der Waals surface area contributed by atoms with Gasteiger partial charge in [0.05, 0.1) is 12.2 Å². The molecule has 2 aromatic heterocycles. The molecule has 0 aliphatic carbocycles. The fourth-order valence-electron chi connectivity index (χ4n) is 3.66. The quantitative estimate of drug-likeness (QED) is 0.321. The Hall–Kier alpha value is -0.710. The van der Waals surface area contributed by atoms with Gasteiger partial charge in [0.25, 0.3) is 0 Å². The number of thiophene rings is 1. The van der Waals surface area contributed by atoms with Crippen molar-refractivity contribution in [1.29, 1.82) is 0 Å². The molecule has 0 amide bonds. The Labute approximate surface area is 194 Å². The van der Waals surface area contributed by atoms with E-state index in [1.54, 1.807) is 11.3 Å². The van der Waals surface area contributed by atoms with Gasteiger partial charge in [-0.2, -0.15) is 0 Å². The lowest BCUT2D eigenvalue weighted by Gasteiger charge is -2.39. The number of hydrogen-bond acceptors (Lipinski definition) is 5. The van der Waals surface area contributed by atoms with E-state index >= 15 is 0 Å². The Morgan fingerprint density at radius 3 is 2.82 bits per heavy atom. The van der Waals surface area contributed by atoms with E-state index in [0.717, 1.165) is 24.1 Å². The summed E-state index contributed by atoms with van der Waals surface area (Å²) in [5, 5.41) is 12.4. The summed E-state index contributed by atoms with van der Waals surface area (Å²) in [6, 6.07) is 4.93. The molecule has 1 aliphatic heterocycles.